The summed E-state index contributed by atoms with van der Waals surface area (Å²) in [5.41, 5.74) is 4.50. The van der Waals surface area contributed by atoms with Crippen LogP contribution in [0.3, 0.4) is 0 Å². The molecule has 0 aliphatic carbocycles. The van der Waals surface area contributed by atoms with Gasteiger partial charge in [0.05, 0.1) is 46.6 Å². The van der Waals surface area contributed by atoms with E-state index < -0.39 is 31.0 Å². The second-order valence-electron chi connectivity index (χ2n) is 9.24. The zero-order valence-electron chi connectivity index (χ0n) is 20.4. The van der Waals surface area contributed by atoms with Gasteiger partial charge in [0, 0.05) is 10.8 Å². The highest BCUT2D eigenvalue weighted by Crippen LogP contribution is 2.32. The molecule has 38 heavy (non-hydrogen) atoms. The van der Waals surface area contributed by atoms with Crippen molar-refractivity contribution in [3.05, 3.63) is 121 Å². The third-order valence-corrected chi connectivity index (χ3v) is 6.99. The van der Waals surface area contributed by atoms with Crippen LogP contribution in [-0.2, 0) is 4.79 Å². The molecule has 6 aromatic rings. The highest BCUT2D eigenvalue weighted by Gasteiger charge is 2.30. The molecule has 0 saturated heterocycles. The molecule has 5 nitrogen and oxygen atoms in total. The molecule has 0 amide bonds. The van der Waals surface area contributed by atoms with Crippen molar-refractivity contribution in [1.29, 1.82) is 0 Å². The van der Waals surface area contributed by atoms with E-state index in [-0.39, 0.29) is 0 Å². The first-order valence-corrected chi connectivity index (χ1v) is 12.4. The van der Waals surface area contributed by atoms with Gasteiger partial charge in [0.1, 0.15) is 13.3 Å². The van der Waals surface area contributed by atoms with E-state index in [0.29, 0.717) is 11.1 Å². The van der Waals surface area contributed by atoms with E-state index in [1.807, 2.05) is 72.8 Å². The number of carbonyl (C=O) groups is 1. The number of fused-ring (bicyclic) bond motifs is 2. The number of hydrogen-bond acceptors (Lipinski definition) is 3. The van der Waals surface area contributed by atoms with Crippen LogP contribution in [0.4, 0.5) is 8.78 Å². The summed E-state index contributed by atoms with van der Waals surface area (Å²) in [6.45, 7) is -1.83. The van der Waals surface area contributed by atoms with E-state index in [4.69, 9.17) is 0 Å². The molecule has 0 aliphatic heterocycles. The van der Waals surface area contributed by atoms with Crippen molar-refractivity contribution in [2.24, 2.45) is 0 Å². The monoisotopic (exact) mass is 506 g/mol. The highest BCUT2D eigenvalue weighted by atomic mass is 19.1. The summed E-state index contributed by atoms with van der Waals surface area (Å²) in [5.74, 6) is -2.65. The summed E-state index contributed by atoms with van der Waals surface area (Å²) in [6.07, 6.45) is 3.38. The number of Topliss-reactive ketones (excluding diaryl/α,β-unsaturated/α-hetero) is 1. The van der Waals surface area contributed by atoms with E-state index in [9.17, 15) is 13.6 Å². The molecule has 2 aromatic heterocycles. The summed E-state index contributed by atoms with van der Waals surface area (Å²) in [7, 11) is 0. The van der Waals surface area contributed by atoms with Crippen molar-refractivity contribution >= 4 is 27.6 Å². The Kier molecular flexibility index (Phi) is 6.25. The minimum Gasteiger partial charge on any atom is -0.298 e. The maximum Gasteiger partial charge on any atom is 0.153 e. The first-order chi connectivity index (χ1) is 18.7. The topological polar surface area (TPSA) is 52.7 Å². The first kappa shape index (κ1) is 23.7. The number of ketones is 1. The van der Waals surface area contributed by atoms with Gasteiger partial charge in [-0.25, -0.2) is 18.1 Å². The molecule has 7 heteroatoms. The number of halogens is 2. The first-order valence-electron chi connectivity index (χ1n) is 12.4. The number of benzene rings is 4. The number of nitrogens with zero attached hydrogens (tertiary/aromatic N) is 4. The fraction of sp³-hybridized carbons (Fsp3) is 0.129. The Morgan fingerprint density at radius 1 is 0.632 bits per heavy atom. The average Bonchev–Trinajstić information content (AvgIpc) is 3.59. The van der Waals surface area contributed by atoms with Crippen LogP contribution in [0.5, 0.6) is 0 Å². The molecule has 0 fully saturated rings. The van der Waals surface area contributed by atoms with Gasteiger partial charge in [0.25, 0.3) is 0 Å². The lowest BCUT2D eigenvalue weighted by Gasteiger charge is -2.19. The molecular weight excluding hydrogens is 482 g/mol. The van der Waals surface area contributed by atoms with Crippen molar-refractivity contribution in [3.63, 3.8) is 0 Å². The second-order valence-corrected chi connectivity index (χ2v) is 9.24. The number of alkyl halides is 2. The molecular formula is C31H24F2N4O. The summed E-state index contributed by atoms with van der Waals surface area (Å²) in [4.78, 5) is 13.5. The van der Waals surface area contributed by atoms with Crippen LogP contribution in [0.2, 0.25) is 0 Å². The zero-order chi connectivity index (χ0) is 26.1. The number of rotatable bonds is 8. The van der Waals surface area contributed by atoms with Crippen LogP contribution in [0, 0.1) is 0 Å². The fourth-order valence-electron chi connectivity index (χ4n) is 4.99. The van der Waals surface area contributed by atoms with Gasteiger partial charge in [-0.15, -0.1) is 0 Å². The molecule has 188 valence electrons. The highest BCUT2D eigenvalue weighted by molar-refractivity contribution is 5.94. The van der Waals surface area contributed by atoms with Gasteiger partial charge in [-0.1, -0.05) is 48.5 Å². The zero-order valence-corrected chi connectivity index (χ0v) is 20.4. The molecule has 0 bridgehead atoms. The van der Waals surface area contributed by atoms with Gasteiger partial charge in [-0.3, -0.25) is 4.79 Å². The number of aromatic nitrogens is 4. The lowest BCUT2D eigenvalue weighted by atomic mass is 9.84. The van der Waals surface area contributed by atoms with Crippen molar-refractivity contribution in [1.82, 2.24) is 19.6 Å². The summed E-state index contributed by atoms with van der Waals surface area (Å²) in [5, 5.41) is 10.5. The molecule has 0 aliphatic rings. The van der Waals surface area contributed by atoms with Crippen LogP contribution >= 0.6 is 0 Å². The van der Waals surface area contributed by atoms with Crippen molar-refractivity contribution in [2.75, 3.05) is 13.3 Å². The predicted octanol–water partition coefficient (Wildman–Crippen LogP) is 6.74. The standard InChI is InChI=1S/C31H24F2N4O/c32-17-27(21-11-13-29-23(15-21)19-34-36(29)25-7-3-1-4-8-25)31(38)28(18-33)22-12-14-30-24(16-22)20-35-37(30)26-9-5-2-6-10-26/h1-16,19-20,27-28H,17-18H2. The van der Waals surface area contributed by atoms with Gasteiger partial charge >= 0.3 is 0 Å². The lowest BCUT2D eigenvalue weighted by molar-refractivity contribution is -0.122. The third-order valence-electron chi connectivity index (χ3n) is 6.99. The van der Waals surface area contributed by atoms with E-state index in [1.165, 1.54) is 0 Å². The number of para-hydroxylation sites is 2. The summed E-state index contributed by atoms with van der Waals surface area (Å²) in [6, 6.07) is 30.0. The predicted molar refractivity (Wildman–Crippen MR) is 145 cm³/mol. The van der Waals surface area contributed by atoms with Gasteiger partial charge < -0.3 is 0 Å². The maximum atomic E-state index is 14.3. The Balaban J connectivity index is 1.31. The maximum absolute atomic E-state index is 14.3. The Labute approximate surface area is 217 Å². The minimum absolute atomic E-state index is 0.486. The van der Waals surface area contributed by atoms with E-state index >= 15 is 0 Å². The van der Waals surface area contributed by atoms with Crippen LogP contribution in [0.25, 0.3) is 33.2 Å². The average molecular weight is 507 g/mol. The molecule has 4 aromatic carbocycles. The molecule has 2 heterocycles. The van der Waals surface area contributed by atoms with Gasteiger partial charge in [-0.2, -0.15) is 10.2 Å². The molecule has 0 radical (unpaired) electrons. The SMILES string of the molecule is O=C(C(CF)c1ccc2c(cnn2-c2ccccc2)c1)C(CF)c1ccc2c(cnn2-c2ccccc2)c1. The second kappa shape index (κ2) is 10.0. The molecule has 0 N–H and O–H groups in total. The Bertz CT molecular complexity index is 1600. The van der Waals surface area contributed by atoms with Crippen LogP contribution in [0.15, 0.2) is 109 Å². The van der Waals surface area contributed by atoms with Crippen molar-refractivity contribution < 1.29 is 13.6 Å². The number of hydrogen-bond donors (Lipinski definition) is 0. The van der Waals surface area contributed by atoms with Gasteiger partial charge in [0.15, 0.2) is 5.78 Å². The largest absolute Gasteiger partial charge is 0.298 e. The van der Waals surface area contributed by atoms with Crippen molar-refractivity contribution in [2.45, 2.75) is 11.8 Å². The fourth-order valence-corrected chi connectivity index (χ4v) is 4.99. The normalized spacial score (nSPS) is 13.1. The number of carbonyl (C=O) groups excluding carboxylic acids is 1. The molecule has 2 atom stereocenters. The van der Waals surface area contributed by atoms with Crippen LogP contribution in [-0.4, -0.2) is 38.7 Å². The molecule has 6 rings (SSSR count). The van der Waals surface area contributed by atoms with Crippen molar-refractivity contribution in [3.8, 4) is 11.4 Å². The quantitative estimate of drug-likeness (QED) is 0.230. The lowest BCUT2D eigenvalue weighted by Crippen LogP contribution is -2.23. The molecule has 2 unspecified atom stereocenters. The van der Waals surface area contributed by atoms with E-state index in [0.717, 1.165) is 33.2 Å². The third kappa shape index (κ3) is 4.16. The van der Waals surface area contributed by atoms with Gasteiger partial charge in [0.2, 0.25) is 0 Å². The summed E-state index contributed by atoms with van der Waals surface area (Å²) < 4.78 is 32.3. The van der Waals surface area contributed by atoms with E-state index in [1.54, 1.807) is 46.0 Å². The Hall–Kier alpha value is -4.65. The summed E-state index contributed by atoms with van der Waals surface area (Å²) >= 11 is 0. The molecule has 0 saturated carbocycles. The smallest absolute Gasteiger partial charge is 0.153 e. The Morgan fingerprint density at radius 3 is 1.45 bits per heavy atom. The molecule has 0 spiro atoms. The van der Waals surface area contributed by atoms with Crippen LogP contribution in [0.1, 0.15) is 23.0 Å². The Morgan fingerprint density at radius 2 is 1.05 bits per heavy atom. The van der Waals surface area contributed by atoms with E-state index in [2.05, 4.69) is 10.2 Å². The van der Waals surface area contributed by atoms with Gasteiger partial charge in [-0.05, 0) is 59.7 Å². The van der Waals surface area contributed by atoms with Crippen LogP contribution < -0.4 is 0 Å². The minimum atomic E-state index is -1.08.